The third kappa shape index (κ3) is 2.69. The predicted molar refractivity (Wildman–Crippen MR) is 48.7 cm³/mol. The maximum atomic E-state index is 13.0. The van der Waals surface area contributed by atoms with E-state index in [2.05, 4.69) is 5.32 Å². The number of hydrogen-bond donors (Lipinski definition) is 2. The van der Waals surface area contributed by atoms with E-state index >= 15 is 0 Å². The Morgan fingerprint density at radius 3 is 2.79 bits per heavy atom. The number of amides is 1. The number of carbonyl (C=O) groups excluding carboxylic acids is 1. The van der Waals surface area contributed by atoms with Crippen molar-refractivity contribution in [2.45, 2.75) is 6.42 Å². The van der Waals surface area contributed by atoms with E-state index in [1.165, 1.54) is 12.1 Å². The summed E-state index contributed by atoms with van der Waals surface area (Å²) in [7, 11) is 0. The average Bonchev–Trinajstić information content (AvgIpc) is 2.12. The normalized spacial score (nSPS) is 9.86. The Labute approximate surface area is 79.9 Å². The number of carbonyl (C=O) groups is 1. The van der Waals surface area contributed by atoms with Crippen LogP contribution in [0.25, 0.3) is 0 Å². The molecule has 0 aliphatic heterocycles. The summed E-state index contributed by atoms with van der Waals surface area (Å²) in [4.78, 5) is 10.4. The van der Waals surface area contributed by atoms with E-state index in [0.717, 1.165) is 6.07 Å². The molecule has 0 aliphatic rings. The van der Waals surface area contributed by atoms with Gasteiger partial charge in [-0.15, -0.1) is 0 Å². The third-order valence-electron chi connectivity index (χ3n) is 1.64. The van der Waals surface area contributed by atoms with Crippen LogP contribution in [-0.2, 0) is 4.79 Å². The maximum absolute atomic E-state index is 13.0. The molecule has 0 radical (unpaired) electrons. The Kier molecular flexibility index (Phi) is 3.39. The molecule has 0 saturated heterocycles. The highest BCUT2D eigenvalue weighted by Gasteiger charge is 2.06. The first-order chi connectivity index (χ1) is 6.61. The lowest BCUT2D eigenvalue weighted by Gasteiger charge is -2.05. The van der Waals surface area contributed by atoms with Crippen molar-refractivity contribution in [3.8, 4) is 0 Å². The molecule has 0 spiro atoms. The van der Waals surface area contributed by atoms with Crippen molar-refractivity contribution in [1.29, 1.82) is 0 Å². The Morgan fingerprint density at radius 2 is 2.14 bits per heavy atom. The van der Waals surface area contributed by atoms with Gasteiger partial charge in [0.15, 0.2) is 11.6 Å². The molecule has 0 saturated carbocycles. The fraction of sp³-hybridized carbons (Fsp3) is 0.222. The third-order valence-corrected chi connectivity index (χ3v) is 1.64. The smallest absolute Gasteiger partial charge is 0.219 e. The molecule has 3 nitrogen and oxygen atoms in total. The van der Waals surface area contributed by atoms with E-state index < -0.39 is 17.5 Å². The highest BCUT2D eigenvalue weighted by molar-refractivity contribution is 5.74. The quantitative estimate of drug-likeness (QED) is 0.768. The summed E-state index contributed by atoms with van der Waals surface area (Å²) < 4.78 is 25.6. The van der Waals surface area contributed by atoms with E-state index in [9.17, 15) is 13.6 Å². The number of hydrogen-bond acceptors (Lipinski definition) is 2. The molecule has 1 rings (SSSR count). The highest BCUT2D eigenvalue weighted by atomic mass is 19.2. The molecule has 0 aromatic heterocycles. The summed E-state index contributed by atoms with van der Waals surface area (Å²) in [5.41, 5.74) is 4.91. The number of nitrogens with one attached hydrogen (secondary N) is 1. The van der Waals surface area contributed by atoms with Gasteiger partial charge in [0.25, 0.3) is 0 Å². The van der Waals surface area contributed by atoms with Crippen LogP contribution in [0.4, 0.5) is 14.5 Å². The van der Waals surface area contributed by atoms with Crippen LogP contribution < -0.4 is 11.1 Å². The molecule has 14 heavy (non-hydrogen) atoms. The highest BCUT2D eigenvalue weighted by Crippen LogP contribution is 2.15. The minimum atomic E-state index is -0.947. The van der Waals surface area contributed by atoms with Gasteiger partial charge in [0.05, 0.1) is 5.69 Å². The molecule has 1 aromatic carbocycles. The van der Waals surface area contributed by atoms with Crippen molar-refractivity contribution in [3.63, 3.8) is 0 Å². The number of nitrogens with two attached hydrogens (primary N) is 1. The van der Waals surface area contributed by atoms with E-state index in [0.29, 0.717) is 0 Å². The molecular formula is C9H10F2N2O. The van der Waals surface area contributed by atoms with E-state index in [4.69, 9.17) is 5.73 Å². The first-order valence-electron chi connectivity index (χ1n) is 4.07. The van der Waals surface area contributed by atoms with Crippen molar-refractivity contribution >= 4 is 11.6 Å². The van der Waals surface area contributed by atoms with Crippen LogP contribution in [0, 0.1) is 11.6 Å². The zero-order valence-electron chi connectivity index (χ0n) is 7.39. The van der Waals surface area contributed by atoms with Gasteiger partial charge in [-0.25, -0.2) is 8.78 Å². The van der Waals surface area contributed by atoms with Gasteiger partial charge >= 0.3 is 0 Å². The second-order valence-corrected chi connectivity index (χ2v) is 2.74. The number of primary amides is 1. The predicted octanol–water partition coefficient (Wildman–Crippen LogP) is 1.25. The zero-order valence-corrected chi connectivity index (χ0v) is 7.39. The van der Waals surface area contributed by atoms with E-state index in [1.807, 2.05) is 0 Å². The number of rotatable bonds is 4. The van der Waals surface area contributed by atoms with Crippen LogP contribution in [0.2, 0.25) is 0 Å². The molecule has 0 atom stereocenters. The van der Waals surface area contributed by atoms with Crippen molar-refractivity contribution in [2.75, 3.05) is 11.9 Å². The second kappa shape index (κ2) is 4.55. The molecule has 0 fully saturated rings. The Morgan fingerprint density at radius 1 is 1.43 bits per heavy atom. The minimum Gasteiger partial charge on any atom is -0.382 e. The van der Waals surface area contributed by atoms with Gasteiger partial charge in [0.2, 0.25) is 5.91 Å². The van der Waals surface area contributed by atoms with E-state index in [-0.39, 0.29) is 18.7 Å². The molecule has 76 valence electrons. The van der Waals surface area contributed by atoms with Gasteiger partial charge in [-0.05, 0) is 12.1 Å². The fourth-order valence-corrected chi connectivity index (χ4v) is 0.961. The molecular weight excluding hydrogens is 190 g/mol. The van der Waals surface area contributed by atoms with Crippen LogP contribution in [0.5, 0.6) is 0 Å². The zero-order chi connectivity index (χ0) is 10.6. The first kappa shape index (κ1) is 10.4. The SMILES string of the molecule is NC(=O)CCNc1cccc(F)c1F. The van der Waals surface area contributed by atoms with Gasteiger partial charge in [0.1, 0.15) is 0 Å². The van der Waals surface area contributed by atoms with Crippen molar-refractivity contribution in [3.05, 3.63) is 29.8 Å². The molecule has 3 N–H and O–H groups in total. The standard InChI is InChI=1S/C9H10F2N2O/c10-6-2-1-3-7(9(6)11)13-5-4-8(12)14/h1-3,13H,4-5H2,(H2,12,14). The van der Waals surface area contributed by atoms with Gasteiger partial charge in [-0.1, -0.05) is 6.07 Å². The molecule has 0 unspecified atom stereocenters. The monoisotopic (exact) mass is 200 g/mol. The molecule has 0 aliphatic carbocycles. The lowest BCUT2D eigenvalue weighted by Crippen LogP contribution is -2.16. The van der Waals surface area contributed by atoms with Gasteiger partial charge in [-0.3, -0.25) is 4.79 Å². The minimum absolute atomic E-state index is 0.0336. The van der Waals surface area contributed by atoms with Crippen molar-refractivity contribution < 1.29 is 13.6 Å². The first-order valence-corrected chi connectivity index (χ1v) is 4.07. The van der Waals surface area contributed by atoms with Crippen LogP contribution >= 0.6 is 0 Å². The Balaban J connectivity index is 2.59. The number of halogens is 2. The van der Waals surface area contributed by atoms with Crippen LogP contribution in [0.3, 0.4) is 0 Å². The van der Waals surface area contributed by atoms with Crippen LogP contribution in [-0.4, -0.2) is 12.5 Å². The van der Waals surface area contributed by atoms with Crippen LogP contribution in [0.15, 0.2) is 18.2 Å². The summed E-state index contributed by atoms with van der Waals surface area (Å²) in [6.45, 7) is 0.190. The fourth-order valence-electron chi connectivity index (χ4n) is 0.961. The molecule has 0 heterocycles. The van der Waals surface area contributed by atoms with Crippen molar-refractivity contribution in [1.82, 2.24) is 0 Å². The van der Waals surface area contributed by atoms with Crippen molar-refractivity contribution in [2.24, 2.45) is 5.73 Å². The molecule has 0 bridgehead atoms. The molecule has 1 amide bonds. The topological polar surface area (TPSA) is 55.1 Å². The summed E-state index contributed by atoms with van der Waals surface area (Å²) in [6.07, 6.45) is 0.0793. The lowest BCUT2D eigenvalue weighted by atomic mass is 10.3. The molecule has 5 heteroatoms. The lowest BCUT2D eigenvalue weighted by molar-refractivity contribution is -0.117. The number of benzene rings is 1. The van der Waals surface area contributed by atoms with Crippen LogP contribution in [0.1, 0.15) is 6.42 Å². The summed E-state index contributed by atoms with van der Waals surface area (Å²) in [5, 5.41) is 2.57. The number of anilines is 1. The van der Waals surface area contributed by atoms with E-state index in [1.54, 1.807) is 0 Å². The summed E-state index contributed by atoms with van der Waals surface area (Å²) in [6, 6.07) is 3.79. The maximum Gasteiger partial charge on any atom is 0.219 e. The average molecular weight is 200 g/mol. The summed E-state index contributed by atoms with van der Waals surface area (Å²) >= 11 is 0. The van der Waals surface area contributed by atoms with Gasteiger partial charge in [0, 0.05) is 13.0 Å². The Bertz CT molecular complexity index is 342. The molecule has 1 aromatic rings. The second-order valence-electron chi connectivity index (χ2n) is 2.74. The largest absolute Gasteiger partial charge is 0.382 e. The Hall–Kier alpha value is -1.65. The van der Waals surface area contributed by atoms with Gasteiger partial charge in [-0.2, -0.15) is 0 Å². The van der Waals surface area contributed by atoms with Gasteiger partial charge < -0.3 is 11.1 Å². The summed E-state index contributed by atoms with van der Waals surface area (Å²) in [5.74, 6) is -2.36.